The predicted octanol–water partition coefficient (Wildman–Crippen LogP) is 4.65. The van der Waals surface area contributed by atoms with Crippen molar-refractivity contribution < 1.29 is 327 Å². The first-order valence-corrected chi connectivity index (χ1v) is 3.41. The van der Waals surface area contributed by atoms with Crippen LogP contribution in [0.1, 0.15) is 25.7 Å². The minimum Gasteiger partial charge on any atom is -0.358 e. The topological polar surface area (TPSA) is 0 Å². The quantitative estimate of drug-likeness (QED) is 0.361. The van der Waals surface area contributed by atoms with E-state index in [4.69, 9.17) is 0 Å². The molecule has 0 spiro atoms. The molecule has 0 aliphatic carbocycles. The van der Waals surface area contributed by atoms with Gasteiger partial charge >= 0.3 is 32.7 Å². The third kappa shape index (κ3) is 60.0. The van der Waals surface area contributed by atoms with Gasteiger partial charge in [0.2, 0.25) is 0 Å². The third-order valence-electron chi connectivity index (χ3n) is 2.12. The van der Waals surface area contributed by atoms with Crippen molar-refractivity contribution in [2.45, 2.75) is 25.7 Å². The second-order valence-corrected chi connectivity index (χ2v) is 2.50. The zero-order valence-electron chi connectivity index (χ0n) is 15.9. The zero-order valence-corrected chi connectivity index (χ0v) is 44.3. The molecule has 10 heteroatoms. The van der Waals surface area contributed by atoms with Gasteiger partial charge in [-0.05, 0) is 0 Å². The Morgan fingerprint density at radius 1 is 0.391 bits per heavy atom. The van der Waals surface area contributed by atoms with Gasteiger partial charge in [-0.25, -0.2) is 0 Å². The van der Waals surface area contributed by atoms with E-state index in [0.717, 1.165) is 25.7 Å². The normalized spacial score (nSPS) is 4.70. The van der Waals surface area contributed by atoms with Crippen LogP contribution in [-0.4, -0.2) is 0 Å². The van der Waals surface area contributed by atoms with Crippen LogP contribution in [0.5, 0.6) is 0 Å². The molecule has 0 bridgehead atoms. The van der Waals surface area contributed by atoms with Gasteiger partial charge in [-0.15, -0.1) is 5.41 Å². The summed E-state index contributed by atoms with van der Waals surface area (Å²) in [6.45, 7) is 15.4. The van der Waals surface area contributed by atoms with Crippen LogP contribution in [0.3, 0.4) is 0 Å². The van der Waals surface area contributed by atoms with Gasteiger partial charge in [-0.3, -0.25) is 0 Å². The molecule has 0 saturated heterocycles. The van der Waals surface area contributed by atoms with E-state index in [1.54, 1.807) is 0 Å². The Hall–Kier alpha value is 11.0. The molecule has 0 unspecified atom stereocenters. The summed E-state index contributed by atoms with van der Waals surface area (Å²) >= 11 is 0. The summed E-state index contributed by atoms with van der Waals surface area (Å²) < 4.78 is 0. The fourth-order valence-electron chi connectivity index (χ4n) is 0.750. The van der Waals surface area contributed by atoms with E-state index >= 15 is 0 Å². The standard InChI is InChI=1S/C9H16.4CH3.10Y/c1-5-9(6-2,7-3)8-4;;;;;;;;;;;;;;/h1-8H2;4*1H3;;;;;;;;;;/q-4;4*-1;;;;;;;;;;+3. The molecule has 9 radical (unpaired) electrons. The molecule has 0 atom stereocenters. The molecule has 0 nitrogen and oxygen atoms in total. The molecular weight excluding hydrogens is 1050 g/mol. The van der Waals surface area contributed by atoms with Crippen molar-refractivity contribution in [1.29, 1.82) is 0 Å². The van der Waals surface area contributed by atoms with Crippen molar-refractivity contribution >= 4 is 0 Å². The summed E-state index contributed by atoms with van der Waals surface area (Å²) in [6.07, 6.45) is 3.62. The minimum absolute atomic E-state index is 0. The van der Waals surface area contributed by atoms with Crippen molar-refractivity contribution in [2.75, 3.05) is 0 Å². The average molecular weight is 1070 g/mol. The fourth-order valence-corrected chi connectivity index (χ4v) is 0.750. The second-order valence-electron chi connectivity index (χ2n) is 2.50. The molecule has 0 aromatic carbocycles. The smallest absolute Gasteiger partial charge is 0.358 e. The molecule has 0 N–H and O–H groups in total. The van der Waals surface area contributed by atoms with Crippen LogP contribution in [-0.2, 0) is 327 Å². The summed E-state index contributed by atoms with van der Waals surface area (Å²) in [4.78, 5) is 0. The summed E-state index contributed by atoms with van der Waals surface area (Å²) in [7, 11) is 0. The summed E-state index contributed by atoms with van der Waals surface area (Å²) in [5, 5.41) is 0. The Balaban J connectivity index is -0.00000000352. The van der Waals surface area contributed by atoms with E-state index in [9.17, 15) is 0 Å². The van der Waals surface area contributed by atoms with E-state index in [2.05, 4.69) is 27.7 Å². The largest absolute Gasteiger partial charge is 3.00 e. The van der Waals surface area contributed by atoms with E-state index in [1.807, 2.05) is 0 Å². The molecule has 0 heterocycles. The molecule has 0 aromatic rings. The maximum Gasteiger partial charge on any atom is 3.00 e. The van der Waals surface area contributed by atoms with E-state index in [0.29, 0.717) is 0 Å². The molecule has 0 fully saturated rings. The summed E-state index contributed by atoms with van der Waals surface area (Å²) in [5.74, 6) is 0. The van der Waals surface area contributed by atoms with Gasteiger partial charge in [0.25, 0.3) is 0 Å². The van der Waals surface area contributed by atoms with Gasteiger partial charge in [0.15, 0.2) is 0 Å². The van der Waals surface area contributed by atoms with Gasteiger partial charge in [0, 0.05) is 294 Å². The SMILES string of the molecule is [CH2-]CC(C[CH2-])(C[CH2-])C[CH2-].[CH3-].[CH3-].[CH3-].[CH3-].[Y+3].[Y].[Y].[Y].[Y].[Y].[Y].[Y].[Y].[Y]. The molecule has 0 saturated carbocycles. The number of hydrogen-bond acceptors (Lipinski definition) is 0. The Bertz CT molecular complexity index is 65.6. The van der Waals surface area contributed by atoms with Crippen molar-refractivity contribution in [3.8, 4) is 0 Å². The maximum atomic E-state index is 3.85. The van der Waals surface area contributed by atoms with Crippen LogP contribution in [0, 0.1) is 62.8 Å². The van der Waals surface area contributed by atoms with Gasteiger partial charge < -0.3 is 57.4 Å². The minimum atomic E-state index is 0. The van der Waals surface area contributed by atoms with Crippen molar-refractivity contribution in [1.82, 2.24) is 0 Å². The number of hydrogen-bond donors (Lipinski definition) is 0. The molecular formula is C13H28Y10-5. The monoisotopic (exact) mass is 1070 g/mol. The van der Waals surface area contributed by atoms with Gasteiger partial charge in [-0.2, -0.15) is 25.7 Å². The van der Waals surface area contributed by atoms with Crippen molar-refractivity contribution in [3.63, 3.8) is 0 Å². The second kappa shape index (κ2) is 76.6. The van der Waals surface area contributed by atoms with E-state index in [-0.39, 0.29) is 362 Å². The molecule has 0 aliphatic heterocycles. The van der Waals surface area contributed by atoms with E-state index < -0.39 is 0 Å². The van der Waals surface area contributed by atoms with E-state index in [1.165, 1.54) is 0 Å². The molecule has 0 amide bonds. The molecule has 0 aromatic heterocycles. The Labute approximate surface area is 403 Å². The summed E-state index contributed by atoms with van der Waals surface area (Å²) in [5.41, 5.74) is 0.222. The fraction of sp³-hybridized carbons (Fsp3) is 0.385. The molecule has 0 aliphatic rings. The number of rotatable bonds is 4. The zero-order chi connectivity index (χ0) is 7.33. The first-order chi connectivity index (χ1) is 4.24. The van der Waals surface area contributed by atoms with Crippen molar-refractivity contribution in [2.24, 2.45) is 5.41 Å². The molecule has 115 valence electrons. The van der Waals surface area contributed by atoms with Crippen LogP contribution in [0.25, 0.3) is 0 Å². The van der Waals surface area contributed by atoms with Crippen LogP contribution in [0.4, 0.5) is 0 Å². The summed E-state index contributed by atoms with van der Waals surface area (Å²) in [6, 6.07) is 0. The van der Waals surface area contributed by atoms with Crippen LogP contribution < -0.4 is 0 Å². The molecule has 23 heavy (non-hydrogen) atoms. The van der Waals surface area contributed by atoms with Crippen LogP contribution in [0.15, 0.2) is 0 Å². The average Bonchev–Trinajstić information content (AvgIpc) is 1.95. The van der Waals surface area contributed by atoms with Gasteiger partial charge in [0.1, 0.15) is 0 Å². The van der Waals surface area contributed by atoms with Gasteiger partial charge in [0.05, 0.1) is 0 Å². The Kier molecular flexibility index (Phi) is 341. The first kappa shape index (κ1) is 103. The molecule has 0 rings (SSSR count). The Morgan fingerprint density at radius 3 is 0.478 bits per heavy atom. The van der Waals surface area contributed by atoms with Crippen LogP contribution >= 0.6 is 0 Å². The predicted molar refractivity (Wildman–Crippen MR) is 68.0 cm³/mol. The van der Waals surface area contributed by atoms with Crippen molar-refractivity contribution in [3.05, 3.63) is 57.4 Å². The first-order valence-electron chi connectivity index (χ1n) is 3.41. The Morgan fingerprint density at radius 2 is 0.478 bits per heavy atom. The van der Waals surface area contributed by atoms with Gasteiger partial charge in [-0.1, -0.05) is 0 Å². The third-order valence-corrected chi connectivity index (χ3v) is 2.12. The maximum absolute atomic E-state index is 3.85. The van der Waals surface area contributed by atoms with Crippen LogP contribution in [0.2, 0.25) is 0 Å².